The third kappa shape index (κ3) is 7.48. The average molecular weight is 667 g/mol. The maximum absolute atomic E-state index is 13.2. The fraction of sp³-hybridized carbons (Fsp3) is 0.233. The second kappa shape index (κ2) is 14.2. The maximum Gasteiger partial charge on any atom is 0.332 e. The fourth-order valence-electron chi connectivity index (χ4n) is 4.31. The lowest BCUT2D eigenvalue weighted by molar-refractivity contribution is 0.102. The Bertz CT molecular complexity index is 1900. The molecule has 46 heavy (non-hydrogen) atoms. The van der Waals surface area contributed by atoms with Crippen molar-refractivity contribution in [2.45, 2.75) is 11.3 Å². The van der Waals surface area contributed by atoms with E-state index >= 15 is 0 Å². The van der Waals surface area contributed by atoms with Crippen LogP contribution in [0.1, 0.15) is 16.8 Å². The smallest absolute Gasteiger partial charge is 0.326 e. The zero-order valence-corrected chi connectivity index (χ0v) is 26.8. The molecule has 14 nitrogen and oxygen atoms in total. The van der Waals surface area contributed by atoms with E-state index in [1.165, 1.54) is 103 Å². The van der Waals surface area contributed by atoms with Crippen LogP contribution >= 0.6 is 11.6 Å². The Hall–Kier alpha value is -5.33. The monoisotopic (exact) mass is 666 g/mol. The van der Waals surface area contributed by atoms with Gasteiger partial charge in [0, 0.05) is 76.3 Å². The Labute approximate surface area is 270 Å². The molecule has 0 bridgehead atoms. The second-order valence-corrected chi connectivity index (χ2v) is 12.6. The van der Waals surface area contributed by atoms with Gasteiger partial charge in [-0.05, 0) is 42.5 Å². The van der Waals surface area contributed by atoms with Crippen LogP contribution in [-0.2, 0) is 9.84 Å². The van der Waals surface area contributed by atoms with Crippen LogP contribution in [0.3, 0.4) is 0 Å². The van der Waals surface area contributed by atoms with E-state index < -0.39 is 27.8 Å². The number of nitrogens with zero attached hydrogens (tertiary/aromatic N) is 7. The van der Waals surface area contributed by atoms with Crippen LogP contribution in [0.4, 0.5) is 31.4 Å². The molecule has 0 aliphatic heterocycles. The quantitative estimate of drug-likeness (QED) is 0.259. The van der Waals surface area contributed by atoms with E-state index in [1.807, 2.05) is 6.07 Å². The van der Waals surface area contributed by atoms with Gasteiger partial charge in [0.1, 0.15) is 0 Å². The summed E-state index contributed by atoms with van der Waals surface area (Å²) in [4.78, 5) is 55.7. The summed E-state index contributed by atoms with van der Waals surface area (Å²) in [6.07, 6.45) is 9.12. The second-order valence-electron chi connectivity index (χ2n) is 10.1. The van der Waals surface area contributed by atoms with E-state index in [0.717, 1.165) is 0 Å². The average Bonchev–Trinajstić information content (AvgIpc) is 3.83. The van der Waals surface area contributed by atoms with Gasteiger partial charge in [0.15, 0.2) is 9.84 Å². The predicted molar refractivity (Wildman–Crippen MR) is 173 cm³/mol. The van der Waals surface area contributed by atoms with Gasteiger partial charge in [0.2, 0.25) is 0 Å². The highest BCUT2D eigenvalue weighted by Gasteiger charge is 2.20. The molecule has 240 valence electrons. The van der Waals surface area contributed by atoms with Crippen LogP contribution in [0.15, 0.2) is 84.5 Å². The molecule has 1 N–H and O–H groups in total. The van der Waals surface area contributed by atoms with Gasteiger partial charge < -0.3 is 10.2 Å². The Morgan fingerprint density at radius 2 is 1.33 bits per heavy atom. The molecule has 0 atom stereocenters. The highest BCUT2D eigenvalue weighted by Crippen LogP contribution is 2.20. The number of nitrogens with one attached hydrogen (secondary N) is 1. The summed E-state index contributed by atoms with van der Waals surface area (Å²) in [5, 5.41) is 11.4. The summed E-state index contributed by atoms with van der Waals surface area (Å²) in [6, 6.07) is 10.9. The Morgan fingerprint density at radius 1 is 0.804 bits per heavy atom. The van der Waals surface area contributed by atoms with Crippen molar-refractivity contribution in [2.24, 2.45) is 0 Å². The van der Waals surface area contributed by atoms with Crippen molar-refractivity contribution < 1.29 is 27.6 Å². The number of rotatable bonds is 9. The molecule has 0 aliphatic rings. The SMILES string of the molecule is CN(CCC#N)C(=O)n1ccc(N(C)C(=O)n2ccc(N(C)C(=O)n3ccc(NC(=O)c4ccc(S(=O)(=O)CCCl)cc4)c3)c2)c1. The van der Waals surface area contributed by atoms with Crippen LogP contribution in [0.5, 0.6) is 0 Å². The number of carbonyl (C=O) groups excluding carboxylic acids is 4. The topological polar surface area (TPSA) is 163 Å². The number of aromatic nitrogens is 3. The molecule has 3 aromatic heterocycles. The number of amides is 4. The molecule has 0 fully saturated rings. The van der Waals surface area contributed by atoms with Crippen LogP contribution in [0.2, 0.25) is 0 Å². The Morgan fingerprint density at radius 3 is 1.87 bits per heavy atom. The molecule has 0 aliphatic carbocycles. The number of alkyl halides is 1. The van der Waals surface area contributed by atoms with Crippen LogP contribution in [0, 0.1) is 11.3 Å². The Balaban J connectivity index is 1.38. The molecule has 0 saturated carbocycles. The molecule has 16 heteroatoms. The van der Waals surface area contributed by atoms with Crippen molar-refractivity contribution in [3.63, 3.8) is 0 Å². The van der Waals surface area contributed by atoms with Gasteiger partial charge in [-0.3, -0.25) is 28.3 Å². The van der Waals surface area contributed by atoms with Gasteiger partial charge in [0.25, 0.3) is 5.91 Å². The van der Waals surface area contributed by atoms with E-state index in [4.69, 9.17) is 16.9 Å². The standard InChI is InChI=1S/C30H31ClN8O6S/c1-34(14-4-13-32)28(41)38-16-10-24(20-38)36(3)30(43)39-17-11-25(21-39)35(2)29(42)37-15-9-23(19-37)33-27(40)22-5-7-26(8-6-22)46(44,45)18-12-31/h5-11,15-17,19-21H,4,12,14,18H2,1-3H3,(H,33,40). The first-order valence-electron chi connectivity index (χ1n) is 13.8. The normalized spacial score (nSPS) is 11.0. The largest absolute Gasteiger partial charge is 0.332 e. The minimum Gasteiger partial charge on any atom is -0.326 e. The van der Waals surface area contributed by atoms with Gasteiger partial charge in [-0.15, -0.1) is 11.6 Å². The minimum absolute atomic E-state index is 0.0405. The number of benzene rings is 1. The number of carbonyl (C=O) groups is 4. The van der Waals surface area contributed by atoms with Crippen LogP contribution < -0.4 is 15.1 Å². The summed E-state index contributed by atoms with van der Waals surface area (Å²) in [7, 11) is 1.13. The summed E-state index contributed by atoms with van der Waals surface area (Å²) >= 11 is 5.55. The van der Waals surface area contributed by atoms with Gasteiger partial charge in [0.05, 0.1) is 40.2 Å². The molecular weight excluding hydrogens is 636 g/mol. The molecule has 4 rings (SSSR count). The van der Waals surface area contributed by atoms with E-state index in [9.17, 15) is 27.6 Å². The fourth-order valence-corrected chi connectivity index (χ4v) is 5.91. The highest BCUT2D eigenvalue weighted by molar-refractivity contribution is 7.91. The molecule has 4 amide bonds. The molecule has 4 aromatic rings. The zero-order chi connectivity index (χ0) is 33.6. The Kier molecular flexibility index (Phi) is 10.3. The molecule has 0 unspecified atom stereocenters. The van der Waals surface area contributed by atoms with Gasteiger partial charge in [-0.25, -0.2) is 22.8 Å². The lowest BCUT2D eigenvalue weighted by Gasteiger charge is -2.18. The van der Waals surface area contributed by atoms with Gasteiger partial charge in [-0.2, -0.15) is 5.26 Å². The molecule has 0 spiro atoms. The number of hydrogen-bond donors (Lipinski definition) is 1. The first-order valence-corrected chi connectivity index (χ1v) is 16.0. The number of anilines is 3. The number of nitriles is 1. The van der Waals surface area contributed by atoms with Crippen molar-refractivity contribution in [1.29, 1.82) is 5.26 Å². The van der Waals surface area contributed by atoms with E-state index in [0.29, 0.717) is 17.1 Å². The van der Waals surface area contributed by atoms with Crippen molar-refractivity contribution in [3.05, 3.63) is 85.2 Å². The number of hydrogen-bond acceptors (Lipinski definition) is 7. The summed E-state index contributed by atoms with van der Waals surface area (Å²) in [5.74, 6) is -0.747. The van der Waals surface area contributed by atoms with Gasteiger partial charge >= 0.3 is 18.1 Å². The summed E-state index contributed by atoms with van der Waals surface area (Å²) in [6.45, 7) is 0.273. The van der Waals surface area contributed by atoms with Crippen molar-refractivity contribution in [3.8, 4) is 6.07 Å². The zero-order valence-electron chi connectivity index (χ0n) is 25.2. The highest BCUT2D eigenvalue weighted by atomic mass is 35.5. The summed E-state index contributed by atoms with van der Waals surface area (Å²) < 4.78 is 28.2. The van der Waals surface area contributed by atoms with Crippen molar-refractivity contribution in [1.82, 2.24) is 18.6 Å². The molecule has 0 saturated heterocycles. The first kappa shape index (κ1) is 33.6. The van der Waals surface area contributed by atoms with Crippen LogP contribution in [-0.4, -0.2) is 90.3 Å². The number of halogens is 1. The molecule has 1 aromatic carbocycles. The van der Waals surface area contributed by atoms with Crippen molar-refractivity contribution in [2.75, 3.05) is 54.4 Å². The molecule has 0 radical (unpaired) electrons. The minimum atomic E-state index is -3.53. The van der Waals surface area contributed by atoms with Crippen molar-refractivity contribution >= 4 is 62.5 Å². The molecular formula is C30H31ClN8O6S. The van der Waals surface area contributed by atoms with E-state index in [-0.39, 0.29) is 41.1 Å². The summed E-state index contributed by atoms with van der Waals surface area (Å²) in [5.41, 5.74) is 1.44. The van der Waals surface area contributed by atoms with Gasteiger partial charge in [-0.1, -0.05) is 0 Å². The first-order chi connectivity index (χ1) is 21.9. The predicted octanol–water partition coefficient (Wildman–Crippen LogP) is 4.38. The van der Waals surface area contributed by atoms with E-state index in [1.54, 1.807) is 26.2 Å². The lowest BCUT2D eigenvalue weighted by Crippen LogP contribution is -2.32. The third-order valence-electron chi connectivity index (χ3n) is 7.02. The van der Waals surface area contributed by atoms with Crippen LogP contribution in [0.25, 0.3) is 0 Å². The molecule has 3 heterocycles. The number of sulfone groups is 1. The van der Waals surface area contributed by atoms with E-state index in [2.05, 4.69) is 5.32 Å². The third-order valence-corrected chi connectivity index (χ3v) is 9.17. The maximum atomic E-state index is 13.2. The lowest BCUT2D eigenvalue weighted by atomic mass is 10.2.